The summed E-state index contributed by atoms with van der Waals surface area (Å²) in [5.74, 6) is 0. The molecule has 23 heavy (non-hydrogen) atoms. The molecule has 2 heteroatoms. The van der Waals surface area contributed by atoms with Crippen LogP contribution < -0.4 is 5.73 Å². The molecule has 0 aliphatic rings. The van der Waals surface area contributed by atoms with E-state index in [0.717, 1.165) is 6.54 Å². The molecule has 0 saturated heterocycles. The van der Waals surface area contributed by atoms with Crippen molar-refractivity contribution >= 4 is 0 Å². The van der Waals surface area contributed by atoms with Gasteiger partial charge in [0, 0.05) is 0 Å². The maximum absolute atomic E-state index is 5.51. The molecule has 0 bridgehead atoms. The van der Waals surface area contributed by atoms with Gasteiger partial charge in [-0.1, -0.05) is 84.5 Å². The van der Waals surface area contributed by atoms with Crippen molar-refractivity contribution in [1.29, 1.82) is 0 Å². The Morgan fingerprint density at radius 3 is 1.17 bits per heavy atom. The molecule has 2 nitrogen and oxygen atoms in total. The normalized spacial score (nSPS) is 11.5. The van der Waals surface area contributed by atoms with Crippen LogP contribution >= 0.6 is 0 Å². The van der Waals surface area contributed by atoms with Crippen LogP contribution in [0.1, 0.15) is 110 Å². The van der Waals surface area contributed by atoms with E-state index in [1.807, 2.05) is 0 Å². The Morgan fingerprint density at radius 2 is 0.826 bits per heavy atom. The fraction of sp³-hybridized carbons (Fsp3) is 1.00. The van der Waals surface area contributed by atoms with Crippen molar-refractivity contribution in [2.75, 3.05) is 26.2 Å². The molecule has 0 aliphatic carbocycles. The number of nitrogens with zero attached hydrogens (tertiary/aromatic N) is 1. The van der Waals surface area contributed by atoms with Gasteiger partial charge in [0.15, 0.2) is 0 Å². The molecule has 0 fully saturated rings. The van der Waals surface area contributed by atoms with Crippen LogP contribution in [0.15, 0.2) is 0 Å². The Morgan fingerprint density at radius 1 is 0.478 bits per heavy atom. The zero-order chi connectivity index (χ0) is 17.0. The van der Waals surface area contributed by atoms with Crippen LogP contribution in [0.4, 0.5) is 0 Å². The smallest absolute Gasteiger partial charge is 0.00187 e. The van der Waals surface area contributed by atoms with Crippen LogP contribution in [0.5, 0.6) is 0 Å². The average molecular weight is 327 g/mol. The van der Waals surface area contributed by atoms with Gasteiger partial charge in [-0.15, -0.1) is 0 Å². The van der Waals surface area contributed by atoms with Crippen LogP contribution in [0, 0.1) is 0 Å². The van der Waals surface area contributed by atoms with Gasteiger partial charge in [-0.2, -0.15) is 0 Å². The van der Waals surface area contributed by atoms with Crippen molar-refractivity contribution in [3.05, 3.63) is 0 Å². The molecule has 0 amide bonds. The lowest BCUT2D eigenvalue weighted by Crippen LogP contribution is -2.26. The maximum Gasteiger partial charge on any atom is -0.00187 e. The molecule has 0 unspecified atom stereocenters. The summed E-state index contributed by atoms with van der Waals surface area (Å²) < 4.78 is 0. The largest absolute Gasteiger partial charge is 0.330 e. The molecule has 0 aromatic carbocycles. The summed E-state index contributed by atoms with van der Waals surface area (Å²) in [7, 11) is 0. The fourth-order valence-corrected chi connectivity index (χ4v) is 3.39. The van der Waals surface area contributed by atoms with Crippen LogP contribution in [-0.2, 0) is 0 Å². The number of hydrogen-bond acceptors (Lipinski definition) is 2. The molecule has 0 aromatic rings. The van der Waals surface area contributed by atoms with Crippen molar-refractivity contribution in [2.24, 2.45) is 5.73 Å². The summed E-state index contributed by atoms with van der Waals surface area (Å²) in [5, 5.41) is 0. The first-order valence-electron chi connectivity index (χ1n) is 10.8. The lowest BCUT2D eigenvalue weighted by molar-refractivity contribution is 0.267. The molecule has 140 valence electrons. The summed E-state index contributed by atoms with van der Waals surface area (Å²) >= 11 is 0. The van der Waals surface area contributed by atoms with Crippen molar-refractivity contribution in [3.8, 4) is 0 Å². The number of unbranched alkanes of at least 4 members (excludes halogenated alkanes) is 12. The Hall–Kier alpha value is -0.0800. The second-order valence-electron chi connectivity index (χ2n) is 7.23. The van der Waals surface area contributed by atoms with E-state index in [-0.39, 0.29) is 0 Å². The summed E-state index contributed by atoms with van der Waals surface area (Å²) in [6.07, 6.45) is 21.0. The number of hydrogen-bond donors (Lipinski definition) is 1. The van der Waals surface area contributed by atoms with E-state index < -0.39 is 0 Å². The predicted molar refractivity (Wildman–Crippen MR) is 106 cm³/mol. The Bertz CT molecular complexity index is 200. The monoisotopic (exact) mass is 326 g/mol. The fourth-order valence-electron chi connectivity index (χ4n) is 3.39. The van der Waals surface area contributed by atoms with Gasteiger partial charge in [-0.25, -0.2) is 0 Å². The van der Waals surface area contributed by atoms with E-state index in [0.29, 0.717) is 0 Å². The molecular formula is C21H46N2. The first-order valence-corrected chi connectivity index (χ1v) is 10.8. The summed E-state index contributed by atoms with van der Waals surface area (Å²) in [6, 6.07) is 0. The third kappa shape index (κ3) is 18.1. The molecule has 0 rings (SSSR count). The van der Waals surface area contributed by atoms with Crippen LogP contribution in [0.25, 0.3) is 0 Å². The zero-order valence-corrected chi connectivity index (χ0v) is 16.5. The molecule has 0 radical (unpaired) electrons. The minimum atomic E-state index is 0.870. The maximum atomic E-state index is 5.51. The van der Waals surface area contributed by atoms with Crippen molar-refractivity contribution < 1.29 is 0 Å². The van der Waals surface area contributed by atoms with Gasteiger partial charge in [0.1, 0.15) is 0 Å². The van der Waals surface area contributed by atoms with E-state index in [1.165, 1.54) is 116 Å². The first kappa shape index (κ1) is 22.9. The SMILES string of the molecule is CCCN(CCC)CCCCCCCCCCCCCCCN. The lowest BCUT2D eigenvalue weighted by atomic mass is 10.0. The molecule has 0 spiro atoms. The van der Waals surface area contributed by atoms with Crippen molar-refractivity contribution in [2.45, 2.75) is 110 Å². The van der Waals surface area contributed by atoms with Crippen LogP contribution in [0.2, 0.25) is 0 Å². The minimum absolute atomic E-state index is 0.870. The van der Waals surface area contributed by atoms with Gasteiger partial charge in [0.25, 0.3) is 0 Å². The summed E-state index contributed by atoms with van der Waals surface area (Å²) in [6.45, 7) is 9.37. The van der Waals surface area contributed by atoms with Crippen LogP contribution in [0.3, 0.4) is 0 Å². The van der Waals surface area contributed by atoms with Crippen molar-refractivity contribution in [3.63, 3.8) is 0 Å². The third-order valence-electron chi connectivity index (χ3n) is 4.76. The lowest BCUT2D eigenvalue weighted by Gasteiger charge is -2.20. The van der Waals surface area contributed by atoms with Gasteiger partial charge in [0.05, 0.1) is 0 Å². The molecule has 0 aromatic heterocycles. The van der Waals surface area contributed by atoms with E-state index in [4.69, 9.17) is 5.73 Å². The summed E-state index contributed by atoms with van der Waals surface area (Å²) in [5.41, 5.74) is 5.51. The minimum Gasteiger partial charge on any atom is -0.330 e. The van der Waals surface area contributed by atoms with E-state index in [9.17, 15) is 0 Å². The molecule has 0 saturated carbocycles. The second kappa shape index (κ2) is 20.0. The highest BCUT2D eigenvalue weighted by atomic mass is 15.1. The van der Waals surface area contributed by atoms with Gasteiger partial charge >= 0.3 is 0 Å². The Balaban J connectivity index is 3.15. The highest BCUT2D eigenvalue weighted by Gasteiger charge is 2.01. The molecule has 0 atom stereocenters. The number of nitrogens with two attached hydrogens (primary N) is 1. The Kier molecular flexibility index (Phi) is 19.9. The quantitative estimate of drug-likeness (QED) is 0.289. The van der Waals surface area contributed by atoms with E-state index >= 15 is 0 Å². The zero-order valence-electron chi connectivity index (χ0n) is 16.5. The van der Waals surface area contributed by atoms with Gasteiger partial charge in [-0.3, -0.25) is 0 Å². The standard InChI is InChI=1S/C21H46N2/c1-3-19-23(20-4-2)21-17-15-13-11-9-7-5-6-8-10-12-14-16-18-22/h3-22H2,1-2H3. The first-order chi connectivity index (χ1) is 11.3. The Labute approximate surface area is 147 Å². The van der Waals surface area contributed by atoms with E-state index in [1.54, 1.807) is 0 Å². The highest BCUT2D eigenvalue weighted by molar-refractivity contribution is 4.57. The molecule has 2 N–H and O–H groups in total. The average Bonchev–Trinajstić information content (AvgIpc) is 2.55. The van der Waals surface area contributed by atoms with E-state index in [2.05, 4.69) is 18.7 Å². The molecule has 0 aliphatic heterocycles. The second-order valence-corrected chi connectivity index (χ2v) is 7.23. The van der Waals surface area contributed by atoms with Gasteiger partial charge in [0.2, 0.25) is 0 Å². The summed E-state index contributed by atoms with van der Waals surface area (Å²) in [4.78, 5) is 2.65. The third-order valence-corrected chi connectivity index (χ3v) is 4.76. The van der Waals surface area contributed by atoms with Gasteiger partial charge < -0.3 is 10.6 Å². The molecular weight excluding hydrogens is 280 g/mol. The van der Waals surface area contributed by atoms with Crippen LogP contribution in [-0.4, -0.2) is 31.1 Å². The van der Waals surface area contributed by atoms with Crippen molar-refractivity contribution in [1.82, 2.24) is 4.90 Å². The topological polar surface area (TPSA) is 29.3 Å². The van der Waals surface area contributed by atoms with Gasteiger partial charge in [-0.05, 0) is 51.9 Å². The number of rotatable bonds is 19. The highest BCUT2D eigenvalue weighted by Crippen LogP contribution is 2.12. The predicted octanol–water partition coefficient (Wildman–Crippen LogP) is 6.14. The molecule has 0 heterocycles.